The van der Waals surface area contributed by atoms with Crippen LogP contribution in [0.2, 0.25) is 0 Å². The van der Waals surface area contributed by atoms with Crippen molar-refractivity contribution in [2.24, 2.45) is 10.8 Å². The molecule has 0 atom stereocenters. The third kappa shape index (κ3) is 8.42. The van der Waals surface area contributed by atoms with Crippen LogP contribution in [0.15, 0.2) is 79.4 Å². The molecular formula is C35H39N7O2S. The van der Waals surface area contributed by atoms with E-state index >= 15 is 0 Å². The largest absolute Gasteiger partial charge is 0.387 e. The van der Waals surface area contributed by atoms with E-state index in [0.717, 1.165) is 31.4 Å². The van der Waals surface area contributed by atoms with Crippen LogP contribution >= 0.6 is 0 Å². The van der Waals surface area contributed by atoms with Crippen molar-refractivity contribution in [2.45, 2.75) is 84.0 Å². The molecule has 0 unspecified atom stereocenters. The van der Waals surface area contributed by atoms with Crippen molar-refractivity contribution in [3.63, 3.8) is 0 Å². The zero-order valence-electron chi connectivity index (χ0n) is 26.4. The van der Waals surface area contributed by atoms with E-state index in [4.69, 9.17) is 0 Å². The molecule has 0 radical (unpaired) electrons. The number of nitriles is 5. The summed E-state index contributed by atoms with van der Waals surface area (Å²) in [6.45, 7) is 9.29. The summed E-state index contributed by atoms with van der Waals surface area (Å²) < 4.78 is 27.7. The average Bonchev–Trinajstić information content (AvgIpc) is 2.99. The number of rotatable bonds is 11. The second-order valence-electron chi connectivity index (χ2n) is 13.0. The monoisotopic (exact) mass is 621 g/mol. The summed E-state index contributed by atoms with van der Waals surface area (Å²) in [7, 11) is -3.99. The number of nitrogens with zero attached hydrogens (tertiary/aromatic N) is 5. The summed E-state index contributed by atoms with van der Waals surface area (Å²) in [6.07, 6.45) is 5.32. The summed E-state index contributed by atoms with van der Waals surface area (Å²) in [4.78, 5) is 0.158. The molecule has 0 saturated carbocycles. The van der Waals surface area contributed by atoms with Crippen LogP contribution < -0.4 is 10.6 Å². The summed E-state index contributed by atoms with van der Waals surface area (Å²) >= 11 is 0. The molecule has 10 heteroatoms. The van der Waals surface area contributed by atoms with Crippen LogP contribution in [0, 0.1) is 67.5 Å². The summed E-state index contributed by atoms with van der Waals surface area (Å²) in [5.41, 5.74) is 1.74. The Balaban J connectivity index is 1.70. The first-order valence-corrected chi connectivity index (χ1v) is 16.5. The lowest BCUT2D eigenvalue weighted by Gasteiger charge is -2.35. The maximum atomic E-state index is 13.9. The topological polar surface area (TPSA) is 177 Å². The van der Waals surface area contributed by atoms with Gasteiger partial charge in [-0.1, -0.05) is 58.7 Å². The zero-order chi connectivity index (χ0) is 33.3. The first-order chi connectivity index (χ1) is 21.3. The van der Waals surface area contributed by atoms with Crippen molar-refractivity contribution in [1.82, 2.24) is 10.6 Å². The normalized spacial score (nSPS) is 17.2. The molecule has 2 aliphatic rings. The lowest BCUT2D eigenvalue weighted by atomic mass is 9.73. The predicted octanol–water partition coefficient (Wildman–Crippen LogP) is 6.52. The molecule has 0 amide bonds. The second-order valence-corrected chi connectivity index (χ2v) is 14.9. The van der Waals surface area contributed by atoms with E-state index in [1.165, 1.54) is 12.1 Å². The number of unbranched alkanes of at least 4 members (excludes halogenated alkanes) is 3. The van der Waals surface area contributed by atoms with Gasteiger partial charge < -0.3 is 10.6 Å². The van der Waals surface area contributed by atoms with Crippen LogP contribution in [-0.2, 0) is 9.84 Å². The average molecular weight is 622 g/mol. The van der Waals surface area contributed by atoms with Crippen LogP contribution in [-0.4, -0.2) is 21.5 Å². The van der Waals surface area contributed by atoms with Gasteiger partial charge in [-0.05, 0) is 61.5 Å². The first-order valence-electron chi connectivity index (χ1n) is 15.1. The molecule has 0 fully saturated rings. The standard InChI is InChI=1S/C35H39N7O2S/c1-34(2)16-28(25(20-36)21-37)30(24-40)31(18-34)41-14-10-5-6-11-15-42-32-19-35(3,4)17-29(26(22-38)23-39)33(32)45(43,44)27-12-8-7-9-13-27/h7-9,12-13,41-42H,5-6,10-11,14-19H2,1-4H3. The number of benzene rings is 1. The molecular weight excluding hydrogens is 582 g/mol. The molecule has 3 rings (SSSR count). The second kappa shape index (κ2) is 14.8. The fourth-order valence-electron chi connectivity index (χ4n) is 6.03. The SMILES string of the molecule is CC1(C)CC(NCCCCCCNC2=C(S(=O)(=O)c3ccccc3)C(=C(C#N)C#N)CC(C)(C)C2)=C(C#N)C(=C(C#N)C#N)C1. The number of allylic oxidation sites excluding steroid dienone is 7. The molecule has 0 saturated heterocycles. The number of hydrogen-bond donors (Lipinski definition) is 2. The minimum absolute atomic E-state index is 0.0126. The first kappa shape index (κ1) is 34.7. The Morgan fingerprint density at radius 3 is 1.67 bits per heavy atom. The van der Waals surface area contributed by atoms with E-state index in [1.54, 1.807) is 18.2 Å². The number of nitrogens with one attached hydrogen (secondary N) is 2. The van der Waals surface area contributed by atoms with Gasteiger partial charge in [-0.3, -0.25) is 0 Å². The van der Waals surface area contributed by atoms with Gasteiger partial charge in [-0.2, -0.15) is 26.3 Å². The Kier molecular flexibility index (Phi) is 11.4. The molecule has 0 heterocycles. The maximum Gasteiger partial charge on any atom is 0.208 e. The van der Waals surface area contributed by atoms with Gasteiger partial charge in [0, 0.05) is 35.6 Å². The molecule has 9 nitrogen and oxygen atoms in total. The van der Waals surface area contributed by atoms with Crippen molar-refractivity contribution in [1.29, 1.82) is 26.3 Å². The van der Waals surface area contributed by atoms with E-state index in [-0.39, 0.29) is 37.3 Å². The molecule has 1 aromatic carbocycles. The smallest absolute Gasteiger partial charge is 0.208 e. The Morgan fingerprint density at radius 1 is 0.689 bits per heavy atom. The molecule has 232 valence electrons. The minimum Gasteiger partial charge on any atom is -0.387 e. The van der Waals surface area contributed by atoms with E-state index in [9.17, 15) is 34.7 Å². The Hall–Kier alpha value is -4.82. The van der Waals surface area contributed by atoms with Gasteiger partial charge in [0.2, 0.25) is 9.84 Å². The van der Waals surface area contributed by atoms with Gasteiger partial charge in [-0.15, -0.1) is 0 Å². The highest BCUT2D eigenvalue weighted by molar-refractivity contribution is 7.95. The van der Waals surface area contributed by atoms with Crippen molar-refractivity contribution >= 4 is 9.84 Å². The van der Waals surface area contributed by atoms with Gasteiger partial charge in [0.05, 0.1) is 15.4 Å². The van der Waals surface area contributed by atoms with E-state index in [0.29, 0.717) is 55.6 Å². The highest BCUT2D eigenvalue weighted by Crippen LogP contribution is 2.45. The van der Waals surface area contributed by atoms with Gasteiger partial charge in [0.25, 0.3) is 0 Å². The fourth-order valence-corrected chi connectivity index (χ4v) is 7.75. The van der Waals surface area contributed by atoms with Crippen LogP contribution in [0.4, 0.5) is 0 Å². The third-order valence-corrected chi connectivity index (χ3v) is 9.96. The summed E-state index contributed by atoms with van der Waals surface area (Å²) in [5.74, 6) is 0. The van der Waals surface area contributed by atoms with Crippen molar-refractivity contribution in [3.05, 3.63) is 74.5 Å². The van der Waals surface area contributed by atoms with E-state index in [1.807, 2.05) is 38.1 Å². The highest BCUT2D eigenvalue weighted by Gasteiger charge is 2.39. The van der Waals surface area contributed by atoms with Crippen LogP contribution in [0.5, 0.6) is 0 Å². The highest BCUT2D eigenvalue weighted by atomic mass is 32.2. The Morgan fingerprint density at radius 2 is 1.16 bits per heavy atom. The van der Waals surface area contributed by atoms with Crippen LogP contribution in [0.1, 0.15) is 79.1 Å². The Bertz CT molecular complexity index is 1730. The molecule has 0 aromatic heterocycles. The quantitative estimate of drug-likeness (QED) is 0.206. The molecule has 2 N–H and O–H groups in total. The predicted molar refractivity (Wildman–Crippen MR) is 170 cm³/mol. The molecule has 0 aliphatic heterocycles. The van der Waals surface area contributed by atoms with Crippen LogP contribution in [0.25, 0.3) is 0 Å². The summed E-state index contributed by atoms with van der Waals surface area (Å²) in [5, 5.41) is 54.7. The molecule has 0 spiro atoms. The number of hydrogen-bond acceptors (Lipinski definition) is 9. The van der Waals surface area contributed by atoms with Gasteiger partial charge in [-0.25, -0.2) is 8.42 Å². The lowest BCUT2D eigenvalue weighted by Crippen LogP contribution is -2.31. The van der Waals surface area contributed by atoms with E-state index < -0.39 is 9.84 Å². The lowest BCUT2D eigenvalue weighted by molar-refractivity contribution is 0.337. The molecule has 0 bridgehead atoms. The van der Waals surface area contributed by atoms with Crippen molar-refractivity contribution < 1.29 is 8.42 Å². The van der Waals surface area contributed by atoms with Gasteiger partial charge >= 0.3 is 0 Å². The minimum atomic E-state index is -3.99. The molecule has 1 aromatic rings. The number of sulfone groups is 1. The Labute approximate surface area is 267 Å². The third-order valence-electron chi connectivity index (χ3n) is 8.04. The molecule has 2 aliphatic carbocycles. The van der Waals surface area contributed by atoms with Gasteiger partial charge in [0.1, 0.15) is 41.5 Å². The van der Waals surface area contributed by atoms with Crippen molar-refractivity contribution in [3.8, 4) is 30.3 Å². The van der Waals surface area contributed by atoms with Crippen LogP contribution in [0.3, 0.4) is 0 Å². The summed E-state index contributed by atoms with van der Waals surface area (Å²) in [6, 6.07) is 18.0. The molecule has 45 heavy (non-hydrogen) atoms. The fraction of sp³-hybridized carbons (Fsp3) is 0.457. The van der Waals surface area contributed by atoms with Gasteiger partial charge in [0.15, 0.2) is 0 Å². The maximum absolute atomic E-state index is 13.9. The zero-order valence-corrected chi connectivity index (χ0v) is 27.2. The van der Waals surface area contributed by atoms with E-state index in [2.05, 4.69) is 30.6 Å². The van der Waals surface area contributed by atoms with Crippen molar-refractivity contribution in [2.75, 3.05) is 13.1 Å².